The van der Waals surface area contributed by atoms with Crippen LogP contribution in [0.3, 0.4) is 0 Å². The van der Waals surface area contributed by atoms with Crippen LogP contribution in [-0.4, -0.2) is 49.0 Å². The molecule has 0 fully saturated rings. The van der Waals surface area contributed by atoms with Gasteiger partial charge in [-0.25, -0.2) is 9.79 Å². The SMILES string of the molecule is CN1C(=O)C(NC(=O)C(CC(F)(F)F)C(CCC(F)(F)F)C([NH3+])=O)N=C(c2ccccc2)c2ccccc21. The van der Waals surface area contributed by atoms with Gasteiger partial charge in [-0.05, 0) is 12.5 Å². The fraction of sp³-hybridized carbons (Fsp3) is 0.360. The fourth-order valence-electron chi connectivity index (χ4n) is 4.26. The van der Waals surface area contributed by atoms with Gasteiger partial charge in [-0.3, -0.25) is 15.3 Å². The van der Waals surface area contributed by atoms with Gasteiger partial charge in [-0.2, -0.15) is 26.3 Å². The first kappa shape index (κ1) is 28.8. The molecule has 3 atom stereocenters. The van der Waals surface area contributed by atoms with Gasteiger partial charge in [0, 0.05) is 24.6 Å². The van der Waals surface area contributed by atoms with Crippen molar-refractivity contribution in [2.24, 2.45) is 16.8 Å². The summed E-state index contributed by atoms with van der Waals surface area (Å²) in [6.07, 6.45) is -16.0. The number of nitrogens with one attached hydrogen (secondary N) is 1. The van der Waals surface area contributed by atoms with Crippen molar-refractivity contribution >= 4 is 29.1 Å². The third-order valence-corrected chi connectivity index (χ3v) is 6.10. The molecule has 38 heavy (non-hydrogen) atoms. The number of quaternary nitrogens is 1. The Bertz CT molecular complexity index is 1210. The molecular weight excluding hydrogens is 518 g/mol. The first-order valence-electron chi connectivity index (χ1n) is 11.5. The fourth-order valence-corrected chi connectivity index (χ4v) is 4.26. The van der Waals surface area contributed by atoms with Crippen molar-refractivity contribution in [2.75, 3.05) is 11.9 Å². The Labute approximate surface area is 213 Å². The van der Waals surface area contributed by atoms with Crippen molar-refractivity contribution in [2.45, 2.75) is 37.8 Å². The zero-order chi connectivity index (χ0) is 28.3. The Morgan fingerprint density at radius 3 is 2.16 bits per heavy atom. The van der Waals surface area contributed by atoms with E-state index in [0.29, 0.717) is 16.8 Å². The highest BCUT2D eigenvalue weighted by molar-refractivity contribution is 6.20. The third kappa shape index (κ3) is 7.18. The highest BCUT2D eigenvalue weighted by Crippen LogP contribution is 2.34. The normalized spacial score (nSPS) is 17.7. The summed E-state index contributed by atoms with van der Waals surface area (Å²) in [5, 5.41) is 2.15. The summed E-state index contributed by atoms with van der Waals surface area (Å²) in [5.74, 6) is -7.70. The number of likely N-dealkylation sites (N-methyl/N-ethyl adjacent to an activating group) is 1. The molecule has 3 rings (SSSR count). The molecule has 1 aliphatic heterocycles. The lowest BCUT2D eigenvalue weighted by molar-refractivity contribution is -0.314. The van der Waals surface area contributed by atoms with Crippen LogP contribution in [0.4, 0.5) is 32.0 Å². The van der Waals surface area contributed by atoms with E-state index in [1.165, 1.54) is 11.9 Å². The molecule has 0 radical (unpaired) electrons. The number of benzodiazepines with no additional fused rings is 1. The molecule has 13 heteroatoms. The van der Waals surface area contributed by atoms with E-state index in [4.69, 9.17) is 0 Å². The molecule has 0 saturated carbocycles. The molecule has 0 spiro atoms. The summed E-state index contributed by atoms with van der Waals surface area (Å²) < 4.78 is 78.5. The minimum absolute atomic E-state index is 0.262. The minimum Gasteiger partial charge on any atom is -0.326 e. The van der Waals surface area contributed by atoms with Crippen LogP contribution < -0.4 is 16.0 Å². The lowest BCUT2D eigenvalue weighted by Crippen LogP contribution is -2.63. The molecule has 3 unspecified atom stereocenters. The van der Waals surface area contributed by atoms with Crippen molar-refractivity contribution in [3.05, 3.63) is 65.7 Å². The van der Waals surface area contributed by atoms with Gasteiger partial charge in [0.1, 0.15) is 0 Å². The number of hydrogen-bond acceptors (Lipinski definition) is 4. The smallest absolute Gasteiger partial charge is 0.326 e. The van der Waals surface area contributed by atoms with Crippen LogP contribution in [0.15, 0.2) is 59.6 Å². The van der Waals surface area contributed by atoms with E-state index >= 15 is 0 Å². The number of benzene rings is 2. The summed E-state index contributed by atoms with van der Waals surface area (Å²) in [6, 6.07) is 15.2. The molecular formula is C25H25F6N4O3+. The van der Waals surface area contributed by atoms with Gasteiger partial charge in [0.05, 0.1) is 29.7 Å². The van der Waals surface area contributed by atoms with Crippen LogP contribution in [0.25, 0.3) is 0 Å². The monoisotopic (exact) mass is 543 g/mol. The van der Waals surface area contributed by atoms with Gasteiger partial charge < -0.3 is 10.2 Å². The second-order valence-electron chi connectivity index (χ2n) is 8.82. The van der Waals surface area contributed by atoms with Crippen LogP contribution in [-0.2, 0) is 14.4 Å². The Morgan fingerprint density at radius 2 is 1.58 bits per heavy atom. The van der Waals surface area contributed by atoms with Crippen LogP contribution in [0.2, 0.25) is 0 Å². The van der Waals surface area contributed by atoms with E-state index in [-0.39, 0.29) is 5.71 Å². The number of rotatable bonds is 8. The van der Waals surface area contributed by atoms with Crippen LogP contribution in [0, 0.1) is 11.8 Å². The predicted molar refractivity (Wildman–Crippen MR) is 125 cm³/mol. The summed E-state index contributed by atoms with van der Waals surface area (Å²) in [7, 11) is 1.39. The van der Waals surface area contributed by atoms with Crippen molar-refractivity contribution < 1.29 is 46.5 Å². The Morgan fingerprint density at radius 1 is 0.974 bits per heavy atom. The average Bonchev–Trinajstić information content (AvgIpc) is 2.93. The lowest BCUT2D eigenvalue weighted by atomic mass is 9.84. The quantitative estimate of drug-likeness (QED) is 0.500. The van der Waals surface area contributed by atoms with Crippen LogP contribution >= 0.6 is 0 Å². The zero-order valence-electron chi connectivity index (χ0n) is 20.1. The summed E-state index contributed by atoms with van der Waals surface area (Å²) >= 11 is 0. The van der Waals surface area contributed by atoms with E-state index in [0.717, 1.165) is 0 Å². The van der Waals surface area contributed by atoms with Gasteiger partial charge >= 0.3 is 18.3 Å². The van der Waals surface area contributed by atoms with Crippen molar-refractivity contribution in [1.29, 1.82) is 0 Å². The Balaban J connectivity index is 2.02. The second kappa shape index (κ2) is 11.3. The Hall–Kier alpha value is -3.74. The molecule has 4 N–H and O–H groups in total. The molecule has 0 saturated heterocycles. The summed E-state index contributed by atoms with van der Waals surface area (Å²) in [5.41, 5.74) is 4.72. The van der Waals surface area contributed by atoms with E-state index in [2.05, 4.69) is 16.0 Å². The maximum atomic E-state index is 13.4. The van der Waals surface area contributed by atoms with Gasteiger partial charge in [-0.15, -0.1) is 0 Å². The van der Waals surface area contributed by atoms with E-state index in [9.17, 15) is 40.7 Å². The highest BCUT2D eigenvalue weighted by Gasteiger charge is 2.45. The number of halogens is 6. The number of alkyl halides is 6. The van der Waals surface area contributed by atoms with Gasteiger partial charge in [0.25, 0.3) is 5.91 Å². The number of fused-ring (bicyclic) bond motifs is 1. The molecule has 7 nitrogen and oxygen atoms in total. The highest BCUT2D eigenvalue weighted by atomic mass is 19.4. The molecule has 1 aliphatic rings. The van der Waals surface area contributed by atoms with Crippen molar-refractivity contribution in [3.8, 4) is 0 Å². The van der Waals surface area contributed by atoms with Crippen LogP contribution in [0.1, 0.15) is 30.4 Å². The largest absolute Gasteiger partial charge is 0.389 e. The molecule has 204 valence electrons. The summed E-state index contributed by atoms with van der Waals surface area (Å²) in [6.45, 7) is 0. The predicted octanol–water partition coefficient (Wildman–Crippen LogP) is 3.24. The average molecular weight is 543 g/mol. The van der Waals surface area contributed by atoms with Gasteiger partial charge in [-0.1, -0.05) is 48.5 Å². The number of anilines is 1. The lowest BCUT2D eigenvalue weighted by Gasteiger charge is -2.26. The second-order valence-corrected chi connectivity index (χ2v) is 8.82. The molecule has 2 aromatic rings. The topological polar surface area (TPSA) is 106 Å². The van der Waals surface area contributed by atoms with Crippen molar-refractivity contribution in [1.82, 2.24) is 5.32 Å². The molecule has 0 bridgehead atoms. The number of nitrogens with zero attached hydrogens (tertiary/aromatic N) is 2. The van der Waals surface area contributed by atoms with E-state index in [1.54, 1.807) is 54.6 Å². The maximum Gasteiger partial charge on any atom is 0.389 e. The van der Waals surface area contributed by atoms with Gasteiger partial charge in [0.15, 0.2) is 0 Å². The summed E-state index contributed by atoms with van der Waals surface area (Å²) in [4.78, 5) is 43.9. The number of carbonyl (C=O) groups excluding carboxylic acids is 3. The number of amides is 3. The van der Waals surface area contributed by atoms with E-state index < -0.39 is 67.3 Å². The first-order valence-corrected chi connectivity index (χ1v) is 11.5. The number of carbonyl (C=O) groups is 3. The molecule has 0 aromatic heterocycles. The molecule has 2 aromatic carbocycles. The van der Waals surface area contributed by atoms with Gasteiger partial charge in [0.2, 0.25) is 12.1 Å². The molecule has 1 heterocycles. The molecule has 3 amide bonds. The zero-order valence-corrected chi connectivity index (χ0v) is 20.1. The minimum atomic E-state index is -4.99. The van der Waals surface area contributed by atoms with Crippen molar-refractivity contribution in [3.63, 3.8) is 0 Å². The first-order chi connectivity index (χ1) is 17.7. The maximum absolute atomic E-state index is 13.4. The number of hydrogen-bond donors (Lipinski definition) is 2. The number of para-hydroxylation sites is 1. The number of aliphatic imine (C=N–C) groups is 1. The molecule has 0 aliphatic carbocycles. The van der Waals surface area contributed by atoms with E-state index in [1.807, 2.05) is 0 Å². The third-order valence-electron chi connectivity index (χ3n) is 6.10. The van der Waals surface area contributed by atoms with Crippen LogP contribution in [0.5, 0.6) is 0 Å². The standard InChI is InChI=1S/C25H24F6N4O3/c1-35-18-10-6-5-9-16(18)19(14-7-3-2-4-8-14)33-21(23(35)38)34-22(37)17(13-25(29,30)31)15(20(32)36)11-12-24(26,27)28/h2-10,15,17,21H,11-13H2,1H3,(H2,32,36)(H,34,37)/p+1. The Kier molecular flexibility index (Phi) is 8.60.